The van der Waals surface area contributed by atoms with Crippen LogP contribution in [0.4, 0.5) is 13.2 Å². The van der Waals surface area contributed by atoms with Crippen molar-refractivity contribution in [2.75, 3.05) is 13.7 Å². The molecule has 1 atom stereocenters. The lowest BCUT2D eigenvalue weighted by atomic mass is 9.95. The Kier molecular flexibility index (Phi) is 4.37. The van der Waals surface area contributed by atoms with Crippen molar-refractivity contribution in [3.63, 3.8) is 0 Å². The first-order valence-corrected chi connectivity index (χ1v) is 9.51. The van der Waals surface area contributed by atoms with E-state index in [0.29, 0.717) is 16.6 Å². The van der Waals surface area contributed by atoms with Gasteiger partial charge in [0.25, 0.3) is 11.5 Å². The number of hydrogen-bond donors (Lipinski definition) is 2. The third-order valence-corrected chi connectivity index (χ3v) is 5.66. The molecule has 158 valence electrons. The van der Waals surface area contributed by atoms with Gasteiger partial charge in [-0.1, -0.05) is 12.1 Å². The second-order valence-electron chi connectivity index (χ2n) is 7.49. The number of fused-ring (bicyclic) bond motifs is 4. The maximum absolute atomic E-state index is 14.0. The molecule has 0 spiro atoms. The molecule has 0 radical (unpaired) electrons. The number of ether oxygens (including phenoxy) is 1. The summed E-state index contributed by atoms with van der Waals surface area (Å²) < 4.78 is 47.3. The Bertz CT molecular complexity index is 1430. The standard InChI is InChI=1S/C22H16F3N3O3/c1-28(22(30)16-5-10-3-2-4-13(23)20(10)26-16)18-9-31-8-17-19(18)11-6-14(24)15(25)7-12(11)21(29)27-17/h2-7,18,26H,8-9H2,1H3,(H,27,29). The number of likely N-dealkylation sites (N-methyl/N-ethyl adjacent to an activating group) is 1. The number of nitrogens with zero attached hydrogens (tertiary/aromatic N) is 1. The fraction of sp³-hybridized carbons (Fsp3) is 0.182. The molecule has 4 aromatic rings. The first-order chi connectivity index (χ1) is 14.8. The van der Waals surface area contributed by atoms with Gasteiger partial charge in [0.05, 0.1) is 30.2 Å². The Labute approximate surface area is 173 Å². The normalized spacial score (nSPS) is 15.9. The van der Waals surface area contributed by atoms with Crippen LogP contribution >= 0.6 is 0 Å². The predicted octanol–water partition coefficient (Wildman–Crippen LogP) is 3.77. The molecule has 0 fully saturated rings. The Morgan fingerprint density at radius 3 is 2.55 bits per heavy atom. The SMILES string of the molecule is CN(C(=O)c1cc2cccc(F)c2[nH]1)C1COCc2[nH]c(=O)c3cc(F)c(F)cc3c21. The van der Waals surface area contributed by atoms with E-state index in [0.717, 1.165) is 12.1 Å². The highest BCUT2D eigenvalue weighted by Crippen LogP contribution is 2.34. The number of halogens is 3. The van der Waals surface area contributed by atoms with Crippen LogP contribution in [0.25, 0.3) is 21.7 Å². The highest BCUT2D eigenvalue weighted by molar-refractivity contribution is 5.98. The van der Waals surface area contributed by atoms with E-state index in [1.165, 1.54) is 18.0 Å². The highest BCUT2D eigenvalue weighted by Gasteiger charge is 2.32. The second kappa shape index (κ2) is 6.98. The molecule has 2 aromatic carbocycles. The third-order valence-electron chi connectivity index (χ3n) is 5.66. The number of H-pyrrole nitrogens is 2. The van der Waals surface area contributed by atoms with Crippen LogP contribution in [-0.2, 0) is 11.3 Å². The van der Waals surface area contributed by atoms with E-state index in [2.05, 4.69) is 9.97 Å². The quantitative estimate of drug-likeness (QED) is 0.511. The van der Waals surface area contributed by atoms with Crippen molar-refractivity contribution < 1.29 is 22.7 Å². The smallest absolute Gasteiger partial charge is 0.270 e. The maximum Gasteiger partial charge on any atom is 0.270 e. The number of carbonyl (C=O) groups excluding carboxylic acids is 1. The molecule has 1 aliphatic heterocycles. The summed E-state index contributed by atoms with van der Waals surface area (Å²) in [6, 6.07) is 7.19. The zero-order valence-electron chi connectivity index (χ0n) is 16.3. The summed E-state index contributed by atoms with van der Waals surface area (Å²) in [5.74, 6) is -3.15. The largest absolute Gasteiger partial charge is 0.373 e. The number of para-hydroxylation sites is 1. The summed E-state index contributed by atoms with van der Waals surface area (Å²) in [5, 5.41) is 0.746. The van der Waals surface area contributed by atoms with Gasteiger partial charge in [-0.3, -0.25) is 9.59 Å². The van der Waals surface area contributed by atoms with Crippen LogP contribution in [0.2, 0.25) is 0 Å². The summed E-state index contributed by atoms with van der Waals surface area (Å²) in [4.78, 5) is 32.3. The van der Waals surface area contributed by atoms with E-state index in [1.807, 2.05) is 0 Å². The topological polar surface area (TPSA) is 78.2 Å². The van der Waals surface area contributed by atoms with Crippen molar-refractivity contribution in [2.24, 2.45) is 0 Å². The van der Waals surface area contributed by atoms with Gasteiger partial charge in [-0.25, -0.2) is 13.2 Å². The molecule has 1 amide bonds. The first kappa shape index (κ1) is 19.4. The predicted molar refractivity (Wildman–Crippen MR) is 107 cm³/mol. The third kappa shape index (κ3) is 3.00. The average molecular weight is 427 g/mol. The lowest BCUT2D eigenvalue weighted by Crippen LogP contribution is -2.37. The molecule has 1 unspecified atom stereocenters. The van der Waals surface area contributed by atoms with Gasteiger partial charge in [-0.15, -0.1) is 0 Å². The van der Waals surface area contributed by atoms with Crippen LogP contribution in [0.5, 0.6) is 0 Å². The molecule has 0 aliphatic carbocycles. The van der Waals surface area contributed by atoms with E-state index >= 15 is 0 Å². The molecule has 0 saturated heterocycles. The molecular formula is C22H16F3N3O3. The number of amides is 1. The van der Waals surface area contributed by atoms with Crippen molar-refractivity contribution >= 4 is 27.6 Å². The monoisotopic (exact) mass is 427 g/mol. The van der Waals surface area contributed by atoms with Gasteiger partial charge in [0.2, 0.25) is 0 Å². The number of nitrogens with one attached hydrogen (secondary N) is 2. The number of aromatic nitrogens is 2. The second-order valence-corrected chi connectivity index (χ2v) is 7.49. The number of pyridine rings is 1. The Morgan fingerprint density at radius 1 is 1.06 bits per heavy atom. The number of carbonyl (C=O) groups is 1. The molecule has 5 rings (SSSR count). The summed E-state index contributed by atoms with van der Waals surface area (Å²) in [5.41, 5.74) is 0.685. The molecule has 2 aromatic heterocycles. The van der Waals surface area contributed by atoms with Gasteiger partial charge in [0, 0.05) is 23.7 Å². The number of hydrogen-bond acceptors (Lipinski definition) is 3. The minimum Gasteiger partial charge on any atom is -0.373 e. The highest BCUT2D eigenvalue weighted by atomic mass is 19.2. The Morgan fingerprint density at radius 2 is 1.81 bits per heavy atom. The Hall–Kier alpha value is -3.59. The molecule has 2 N–H and O–H groups in total. The van der Waals surface area contributed by atoms with Gasteiger partial charge in [0.15, 0.2) is 11.6 Å². The summed E-state index contributed by atoms with van der Waals surface area (Å²) in [6.45, 7) is 0.152. The van der Waals surface area contributed by atoms with E-state index < -0.39 is 35.0 Å². The molecule has 1 aliphatic rings. The molecule has 9 heteroatoms. The van der Waals surface area contributed by atoms with Crippen molar-refractivity contribution in [2.45, 2.75) is 12.6 Å². The minimum atomic E-state index is -1.13. The molecule has 0 saturated carbocycles. The molecule has 31 heavy (non-hydrogen) atoms. The van der Waals surface area contributed by atoms with E-state index in [9.17, 15) is 22.8 Å². The molecular weight excluding hydrogens is 411 g/mol. The number of aromatic amines is 2. The lowest BCUT2D eigenvalue weighted by molar-refractivity contribution is 0.0333. The van der Waals surface area contributed by atoms with E-state index in [1.54, 1.807) is 18.2 Å². The fourth-order valence-corrected chi connectivity index (χ4v) is 4.11. The molecule has 3 heterocycles. The summed E-state index contributed by atoms with van der Waals surface area (Å²) >= 11 is 0. The van der Waals surface area contributed by atoms with Gasteiger partial charge in [0.1, 0.15) is 11.5 Å². The van der Waals surface area contributed by atoms with Crippen LogP contribution in [0.1, 0.15) is 27.8 Å². The summed E-state index contributed by atoms with van der Waals surface area (Å²) in [7, 11) is 1.53. The average Bonchev–Trinajstić information content (AvgIpc) is 3.19. The van der Waals surface area contributed by atoms with Crippen LogP contribution in [0.15, 0.2) is 41.2 Å². The minimum absolute atomic E-state index is 0.0157. The van der Waals surface area contributed by atoms with Crippen LogP contribution in [0.3, 0.4) is 0 Å². The van der Waals surface area contributed by atoms with E-state index in [-0.39, 0.29) is 35.2 Å². The fourth-order valence-electron chi connectivity index (χ4n) is 4.11. The Balaban J connectivity index is 1.62. The van der Waals surface area contributed by atoms with Gasteiger partial charge < -0.3 is 19.6 Å². The summed E-state index contributed by atoms with van der Waals surface area (Å²) in [6.07, 6.45) is 0. The van der Waals surface area contributed by atoms with Crippen molar-refractivity contribution in [1.82, 2.24) is 14.9 Å². The van der Waals surface area contributed by atoms with Crippen LogP contribution in [-0.4, -0.2) is 34.4 Å². The van der Waals surface area contributed by atoms with Crippen LogP contribution in [0, 0.1) is 17.5 Å². The lowest BCUT2D eigenvalue weighted by Gasteiger charge is -2.33. The van der Waals surface area contributed by atoms with Gasteiger partial charge in [-0.2, -0.15) is 0 Å². The van der Waals surface area contributed by atoms with Gasteiger partial charge >= 0.3 is 0 Å². The zero-order valence-corrected chi connectivity index (χ0v) is 16.3. The zero-order chi connectivity index (χ0) is 21.9. The van der Waals surface area contributed by atoms with Crippen molar-refractivity contribution in [3.8, 4) is 0 Å². The molecule has 0 bridgehead atoms. The van der Waals surface area contributed by atoms with Crippen LogP contribution < -0.4 is 5.56 Å². The molecule has 6 nitrogen and oxygen atoms in total. The number of benzene rings is 2. The maximum atomic E-state index is 14.0. The van der Waals surface area contributed by atoms with E-state index in [4.69, 9.17) is 4.74 Å². The first-order valence-electron chi connectivity index (χ1n) is 9.51. The van der Waals surface area contributed by atoms with Crippen molar-refractivity contribution in [3.05, 3.63) is 81.2 Å². The van der Waals surface area contributed by atoms with Gasteiger partial charge in [-0.05, 0) is 29.7 Å². The number of rotatable bonds is 2. The van der Waals surface area contributed by atoms with Crippen molar-refractivity contribution in [1.29, 1.82) is 0 Å².